The van der Waals surface area contributed by atoms with Gasteiger partial charge in [0, 0.05) is 17.5 Å². The summed E-state index contributed by atoms with van der Waals surface area (Å²) in [6.45, 7) is 4.47. The number of aryl methyl sites for hydroxylation is 1. The Hall–Kier alpha value is -3.03. The number of anilines is 1. The first-order valence-electron chi connectivity index (χ1n) is 8.83. The van der Waals surface area contributed by atoms with E-state index in [0.717, 1.165) is 12.1 Å². The molecule has 3 aromatic rings. The summed E-state index contributed by atoms with van der Waals surface area (Å²) in [6, 6.07) is 8.45. The lowest BCUT2D eigenvalue weighted by atomic mass is 10.0. The van der Waals surface area contributed by atoms with Crippen molar-refractivity contribution in [2.24, 2.45) is 0 Å². The molecule has 0 saturated heterocycles. The van der Waals surface area contributed by atoms with E-state index in [1.165, 1.54) is 6.07 Å². The summed E-state index contributed by atoms with van der Waals surface area (Å²) >= 11 is 0. The van der Waals surface area contributed by atoms with Crippen molar-refractivity contribution in [1.29, 1.82) is 0 Å². The van der Waals surface area contributed by atoms with Crippen molar-refractivity contribution >= 4 is 16.7 Å². The highest BCUT2D eigenvalue weighted by molar-refractivity contribution is 5.92. The van der Waals surface area contributed by atoms with Crippen LogP contribution in [0.1, 0.15) is 29.9 Å². The topological polar surface area (TPSA) is 56.3 Å². The number of halogens is 3. The van der Waals surface area contributed by atoms with Crippen molar-refractivity contribution in [2.45, 2.75) is 26.1 Å². The Labute approximate surface area is 159 Å². The van der Waals surface area contributed by atoms with Gasteiger partial charge in [0.25, 0.3) is 0 Å². The molecule has 5 nitrogen and oxygen atoms in total. The van der Waals surface area contributed by atoms with Gasteiger partial charge in [-0.25, -0.2) is 9.97 Å². The van der Waals surface area contributed by atoms with Crippen molar-refractivity contribution in [1.82, 2.24) is 9.97 Å². The van der Waals surface area contributed by atoms with E-state index in [9.17, 15) is 13.2 Å². The first-order valence-corrected chi connectivity index (χ1v) is 8.83. The molecule has 0 fully saturated rings. The highest BCUT2D eigenvalue weighted by Gasteiger charge is 2.30. The largest absolute Gasteiger partial charge is 0.486 e. The van der Waals surface area contributed by atoms with E-state index in [4.69, 9.17) is 9.47 Å². The number of nitrogens with one attached hydrogen (secondary N) is 1. The van der Waals surface area contributed by atoms with Crippen LogP contribution in [0.4, 0.5) is 19.0 Å². The Balaban J connectivity index is 1.71. The van der Waals surface area contributed by atoms with Gasteiger partial charge in [-0.05, 0) is 37.6 Å². The van der Waals surface area contributed by atoms with E-state index < -0.39 is 17.8 Å². The summed E-state index contributed by atoms with van der Waals surface area (Å²) < 4.78 is 50.3. The third-order valence-electron chi connectivity index (χ3n) is 4.54. The smallest absolute Gasteiger partial charge is 0.416 e. The summed E-state index contributed by atoms with van der Waals surface area (Å²) in [5.41, 5.74) is 0.509. The first kappa shape index (κ1) is 18.3. The standard InChI is InChI=1S/C20H18F3N3O2/c1-11(13-4-3-5-14(8-13)20(21,22)23)24-19-15-9-17-18(28-7-6-27-17)10-16(15)25-12(2)26-19/h3-5,8-11H,6-7H2,1-2H3,(H,24,25,26)/t11-/m0/s1. The SMILES string of the molecule is Cc1nc(N[C@@H](C)c2cccc(C(F)(F)F)c2)c2cc3c(cc2n1)OCCO3. The van der Waals surface area contributed by atoms with Gasteiger partial charge in [0.05, 0.1) is 11.1 Å². The maximum Gasteiger partial charge on any atom is 0.416 e. The molecule has 0 saturated carbocycles. The van der Waals surface area contributed by atoms with Gasteiger partial charge < -0.3 is 14.8 Å². The Bertz CT molecular complexity index is 1040. The number of hydrogen-bond donors (Lipinski definition) is 1. The fourth-order valence-electron chi connectivity index (χ4n) is 3.16. The quantitative estimate of drug-likeness (QED) is 0.690. The Morgan fingerprint density at radius 1 is 1.04 bits per heavy atom. The van der Waals surface area contributed by atoms with Gasteiger partial charge in [-0.15, -0.1) is 0 Å². The predicted molar refractivity (Wildman–Crippen MR) is 98.7 cm³/mol. The summed E-state index contributed by atoms with van der Waals surface area (Å²) in [6.07, 6.45) is -4.38. The molecule has 4 rings (SSSR count). The molecule has 8 heteroatoms. The highest BCUT2D eigenvalue weighted by atomic mass is 19.4. The third-order valence-corrected chi connectivity index (χ3v) is 4.54. The number of hydrogen-bond acceptors (Lipinski definition) is 5. The van der Waals surface area contributed by atoms with Crippen LogP contribution < -0.4 is 14.8 Å². The summed E-state index contributed by atoms with van der Waals surface area (Å²) in [5.74, 6) is 2.29. The number of alkyl halides is 3. The molecule has 146 valence electrons. The first-order chi connectivity index (χ1) is 13.3. The molecule has 0 aliphatic carbocycles. The number of nitrogens with zero attached hydrogens (tertiary/aromatic N) is 2. The van der Waals surface area contributed by atoms with Crippen molar-refractivity contribution in [3.8, 4) is 11.5 Å². The molecule has 1 atom stereocenters. The molecule has 0 radical (unpaired) electrons. The third kappa shape index (κ3) is 3.54. The van der Waals surface area contributed by atoms with Crippen molar-refractivity contribution in [3.63, 3.8) is 0 Å². The lowest BCUT2D eigenvalue weighted by Crippen LogP contribution is -2.16. The lowest BCUT2D eigenvalue weighted by molar-refractivity contribution is -0.137. The van der Waals surface area contributed by atoms with Crippen molar-refractivity contribution in [3.05, 3.63) is 53.3 Å². The molecule has 0 spiro atoms. The zero-order valence-electron chi connectivity index (χ0n) is 15.3. The molecule has 0 amide bonds. The van der Waals surface area contributed by atoms with E-state index in [1.807, 2.05) is 0 Å². The minimum absolute atomic E-state index is 0.395. The van der Waals surface area contributed by atoms with Crippen LogP contribution in [0.25, 0.3) is 10.9 Å². The maximum absolute atomic E-state index is 13.0. The van der Waals surface area contributed by atoms with Crippen LogP contribution in [0.15, 0.2) is 36.4 Å². The van der Waals surface area contributed by atoms with E-state index in [1.54, 1.807) is 32.0 Å². The lowest BCUT2D eigenvalue weighted by Gasteiger charge is -2.21. The van der Waals surface area contributed by atoms with Gasteiger partial charge in [-0.3, -0.25) is 0 Å². The van der Waals surface area contributed by atoms with Crippen molar-refractivity contribution in [2.75, 3.05) is 18.5 Å². The number of rotatable bonds is 3. The molecule has 28 heavy (non-hydrogen) atoms. The van der Waals surface area contributed by atoms with E-state index in [-0.39, 0.29) is 0 Å². The second kappa shape index (κ2) is 6.85. The van der Waals surface area contributed by atoms with E-state index in [0.29, 0.717) is 52.8 Å². The van der Waals surface area contributed by atoms with Crippen LogP contribution >= 0.6 is 0 Å². The second-order valence-electron chi connectivity index (χ2n) is 6.62. The van der Waals surface area contributed by atoms with Crippen LogP contribution in [-0.2, 0) is 6.18 Å². The maximum atomic E-state index is 13.0. The molecular weight excluding hydrogens is 371 g/mol. The molecular formula is C20H18F3N3O2. The average Bonchev–Trinajstić information content (AvgIpc) is 2.66. The number of fused-ring (bicyclic) bond motifs is 2. The van der Waals surface area contributed by atoms with Gasteiger partial charge in [0.1, 0.15) is 24.9 Å². The van der Waals surface area contributed by atoms with Crippen LogP contribution in [0, 0.1) is 6.92 Å². The minimum atomic E-state index is -4.38. The average molecular weight is 389 g/mol. The van der Waals surface area contributed by atoms with Gasteiger partial charge >= 0.3 is 6.18 Å². The summed E-state index contributed by atoms with van der Waals surface area (Å²) in [7, 11) is 0. The fourth-order valence-corrected chi connectivity index (χ4v) is 3.16. The number of benzene rings is 2. The van der Waals surface area contributed by atoms with E-state index in [2.05, 4.69) is 15.3 Å². The number of ether oxygens (including phenoxy) is 2. The van der Waals surface area contributed by atoms with Crippen LogP contribution in [0.3, 0.4) is 0 Å². The molecule has 2 heterocycles. The van der Waals surface area contributed by atoms with E-state index >= 15 is 0 Å². The van der Waals surface area contributed by atoms with Crippen LogP contribution in [0.5, 0.6) is 11.5 Å². The molecule has 1 N–H and O–H groups in total. The Kier molecular flexibility index (Phi) is 4.49. The molecule has 1 aliphatic rings. The van der Waals surface area contributed by atoms with Gasteiger partial charge in [0.2, 0.25) is 0 Å². The molecule has 0 unspecified atom stereocenters. The van der Waals surface area contributed by atoms with Gasteiger partial charge in [0.15, 0.2) is 11.5 Å². The number of aromatic nitrogens is 2. The molecule has 2 aromatic carbocycles. The summed E-state index contributed by atoms with van der Waals surface area (Å²) in [5, 5.41) is 3.93. The van der Waals surface area contributed by atoms with Gasteiger partial charge in [-0.1, -0.05) is 12.1 Å². The molecule has 0 bridgehead atoms. The Morgan fingerprint density at radius 2 is 1.75 bits per heavy atom. The monoisotopic (exact) mass is 389 g/mol. The highest BCUT2D eigenvalue weighted by Crippen LogP contribution is 2.37. The van der Waals surface area contributed by atoms with Crippen molar-refractivity contribution < 1.29 is 22.6 Å². The summed E-state index contributed by atoms with van der Waals surface area (Å²) in [4.78, 5) is 8.88. The normalized spacial score (nSPS) is 14.8. The zero-order chi connectivity index (χ0) is 19.9. The van der Waals surface area contributed by atoms with Gasteiger partial charge in [-0.2, -0.15) is 13.2 Å². The molecule has 1 aliphatic heterocycles. The molecule has 1 aromatic heterocycles. The van der Waals surface area contributed by atoms with Crippen LogP contribution in [-0.4, -0.2) is 23.2 Å². The van der Waals surface area contributed by atoms with Crippen LogP contribution in [0.2, 0.25) is 0 Å². The zero-order valence-corrected chi connectivity index (χ0v) is 15.3. The minimum Gasteiger partial charge on any atom is -0.486 e. The second-order valence-corrected chi connectivity index (χ2v) is 6.62. The predicted octanol–water partition coefficient (Wildman–Crippen LogP) is 4.90. The Morgan fingerprint density at radius 3 is 2.46 bits per heavy atom. The fraction of sp³-hybridized carbons (Fsp3) is 0.300.